The minimum absolute atomic E-state index is 0.113. The summed E-state index contributed by atoms with van der Waals surface area (Å²) in [6, 6.07) is 12.0. The van der Waals surface area contributed by atoms with Gasteiger partial charge in [0.05, 0.1) is 5.56 Å². The zero-order chi connectivity index (χ0) is 15.5. The van der Waals surface area contributed by atoms with Gasteiger partial charge in [0.15, 0.2) is 0 Å². The topological polar surface area (TPSA) is 44.9 Å². The van der Waals surface area contributed by atoms with Crippen molar-refractivity contribution in [2.24, 2.45) is 0 Å². The molecule has 0 bridgehead atoms. The second-order valence-electron chi connectivity index (χ2n) is 4.99. The summed E-state index contributed by atoms with van der Waals surface area (Å²) < 4.78 is 13.9. The molecule has 0 saturated heterocycles. The third-order valence-corrected chi connectivity index (χ3v) is 4.22. The molecule has 3 aromatic rings. The number of benzene rings is 2. The molecule has 0 fully saturated rings. The molecule has 0 aliphatic heterocycles. The molecule has 1 aromatic heterocycles. The van der Waals surface area contributed by atoms with E-state index in [-0.39, 0.29) is 11.7 Å². The van der Waals surface area contributed by atoms with E-state index in [1.165, 1.54) is 12.1 Å². The Morgan fingerprint density at radius 2 is 2.05 bits per heavy atom. The summed E-state index contributed by atoms with van der Waals surface area (Å²) in [5.74, 6) is -0.374. The first-order chi connectivity index (χ1) is 10.6. The Morgan fingerprint density at radius 1 is 1.23 bits per heavy atom. The fourth-order valence-electron chi connectivity index (χ4n) is 2.42. The maximum atomic E-state index is 13.1. The van der Waals surface area contributed by atoms with Crippen molar-refractivity contribution in [2.75, 3.05) is 6.54 Å². The molecular weight excluding hydrogens is 347 g/mol. The smallest absolute Gasteiger partial charge is 0.252 e. The van der Waals surface area contributed by atoms with E-state index in [1.807, 2.05) is 24.4 Å². The fourth-order valence-corrected chi connectivity index (χ4v) is 2.88. The van der Waals surface area contributed by atoms with E-state index in [0.717, 1.165) is 20.9 Å². The molecule has 2 aromatic carbocycles. The Balaban J connectivity index is 1.65. The predicted octanol–water partition coefficient (Wildman–Crippen LogP) is 4.04. The van der Waals surface area contributed by atoms with Gasteiger partial charge in [-0.25, -0.2) is 4.39 Å². The van der Waals surface area contributed by atoms with Crippen molar-refractivity contribution < 1.29 is 9.18 Å². The van der Waals surface area contributed by atoms with E-state index in [9.17, 15) is 9.18 Å². The molecular formula is C17H14BrFN2O. The van der Waals surface area contributed by atoms with Crippen LogP contribution in [-0.4, -0.2) is 17.4 Å². The first-order valence-electron chi connectivity index (χ1n) is 6.93. The normalized spacial score (nSPS) is 10.8. The van der Waals surface area contributed by atoms with E-state index in [0.29, 0.717) is 18.5 Å². The Labute approximate surface area is 135 Å². The monoisotopic (exact) mass is 360 g/mol. The lowest BCUT2D eigenvalue weighted by Crippen LogP contribution is -2.25. The number of fused-ring (bicyclic) bond motifs is 1. The fraction of sp³-hybridized carbons (Fsp3) is 0.118. The van der Waals surface area contributed by atoms with Crippen molar-refractivity contribution >= 4 is 32.7 Å². The lowest BCUT2D eigenvalue weighted by atomic mass is 10.1. The summed E-state index contributed by atoms with van der Waals surface area (Å²) in [5, 5.41) is 3.88. The predicted molar refractivity (Wildman–Crippen MR) is 88.4 cm³/mol. The van der Waals surface area contributed by atoms with Crippen LogP contribution in [-0.2, 0) is 6.42 Å². The van der Waals surface area contributed by atoms with Crippen molar-refractivity contribution in [1.29, 1.82) is 0 Å². The molecule has 0 atom stereocenters. The highest BCUT2D eigenvalue weighted by molar-refractivity contribution is 9.10. The summed E-state index contributed by atoms with van der Waals surface area (Å²) in [4.78, 5) is 15.2. The van der Waals surface area contributed by atoms with Gasteiger partial charge < -0.3 is 10.3 Å². The number of H-pyrrole nitrogens is 1. The van der Waals surface area contributed by atoms with Gasteiger partial charge in [0, 0.05) is 28.1 Å². The number of hydrogen-bond donors (Lipinski definition) is 2. The lowest BCUT2D eigenvalue weighted by Gasteiger charge is -2.06. The van der Waals surface area contributed by atoms with Gasteiger partial charge >= 0.3 is 0 Å². The molecule has 5 heteroatoms. The summed E-state index contributed by atoms with van der Waals surface area (Å²) >= 11 is 3.37. The van der Waals surface area contributed by atoms with E-state index in [1.54, 1.807) is 12.1 Å². The SMILES string of the molecule is O=C(NCCc1c[nH]c2cc(F)ccc12)c1ccccc1Br. The summed E-state index contributed by atoms with van der Waals surface area (Å²) in [6.45, 7) is 0.518. The van der Waals surface area contributed by atoms with Crippen LogP contribution in [0.5, 0.6) is 0 Å². The van der Waals surface area contributed by atoms with Gasteiger partial charge in [-0.15, -0.1) is 0 Å². The largest absolute Gasteiger partial charge is 0.361 e. The minimum atomic E-state index is -0.261. The number of rotatable bonds is 4. The number of nitrogens with one attached hydrogen (secondary N) is 2. The molecule has 1 heterocycles. The molecule has 22 heavy (non-hydrogen) atoms. The Kier molecular flexibility index (Phi) is 4.24. The molecule has 0 saturated carbocycles. The zero-order valence-corrected chi connectivity index (χ0v) is 13.3. The molecule has 0 spiro atoms. The number of carbonyl (C=O) groups excluding carboxylic acids is 1. The van der Waals surface area contributed by atoms with Crippen molar-refractivity contribution in [3.8, 4) is 0 Å². The van der Waals surface area contributed by atoms with Crippen LogP contribution < -0.4 is 5.32 Å². The second-order valence-corrected chi connectivity index (χ2v) is 5.84. The molecule has 0 unspecified atom stereocenters. The molecule has 3 rings (SSSR count). The molecule has 0 aliphatic rings. The molecule has 0 aliphatic carbocycles. The van der Waals surface area contributed by atoms with Crippen LogP contribution in [0.2, 0.25) is 0 Å². The van der Waals surface area contributed by atoms with Crippen LogP contribution >= 0.6 is 15.9 Å². The number of aromatic nitrogens is 1. The second kappa shape index (κ2) is 6.32. The van der Waals surface area contributed by atoms with Gasteiger partial charge in [-0.3, -0.25) is 4.79 Å². The maximum absolute atomic E-state index is 13.1. The van der Waals surface area contributed by atoms with Crippen molar-refractivity contribution in [3.05, 3.63) is 70.1 Å². The van der Waals surface area contributed by atoms with E-state index < -0.39 is 0 Å². The van der Waals surface area contributed by atoms with Crippen molar-refractivity contribution in [3.63, 3.8) is 0 Å². The van der Waals surface area contributed by atoms with Crippen LogP contribution in [0, 0.1) is 5.82 Å². The zero-order valence-electron chi connectivity index (χ0n) is 11.7. The third kappa shape index (κ3) is 3.04. The van der Waals surface area contributed by atoms with Gasteiger partial charge in [-0.2, -0.15) is 0 Å². The molecule has 0 radical (unpaired) electrons. The summed E-state index contributed by atoms with van der Waals surface area (Å²) in [5.41, 5.74) is 2.44. The van der Waals surface area contributed by atoms with E-state index >= 15 is 0 Å². The highest BCUT2D eigenvalue weighted by atomic mass is 79.9. The quantitative estimate of drug-likeness (QED) is 0.724. The molecule has 3 nitrogen and oxygen atoms in total. The summed E-state index contributed by atoms with van der Waals surface area (Å²) in [6.07, 6.45) is 2.54. The number of hydrogen-bond acceptors (Lipinski definition) is 1. The third-order valence-electron chi connectivity index (χ3n) is 3.53. The van der Waals surface area contributed by atoms with E-state index in [4.69, 9.17) is 0 Å². The Hall–Kier alpha value is -2.14. The highest BCUT2D eigenvalue weighted by Crippen LogP contribution is 2.19. The summed E-state index contributed by atoms with van der Waals surface area (Å²) in [7, 11) is 0. The average Bonchev–Trinajstić information content (AvgIpc) is 2.90. The van der Waals surface area contributed by atoms with Gasteiger partial charge in [0.1, 0.15) is 5.82 Å². The van der Waals surface area contributed by atoms with Gasteiger partial charge in [-0.1, -0.05) is 12.1 Å². The van der Waals surface area contributed by atoms with Gasteiger partial charge in [0.2, 0.25) is 0 Å². The van der Waals surface area contributed by atoms with E-state index in [2.05, 4.69) is 26.2 Å². The number of aromatic amines is 1. The van der Waals surface area contributed by atoms with Crippen molar-refractivity contribution in [2.45, 2.75) is 6.42 Å². The highest BCUT2D eigenvalue weighted by Gasteiger charge is 2.09. The molecule has 1 amide bonds. The number of amides is 1. The molecule has 112 valence electrons. The van der Waals surface area contributed by atoms with Crippen LogP contribution in [0.3, 0.4) is 0 Å². The maximum Gasteiger partial charge on any atom is 0.252 e. The van der Waals surface area contributed by atoms with Gasteiger partial charge in [0.25, 0.3) is 5.91 Å². The minimum Gasteiger partial charge on any atom is -0.361 e. The van der Waals surface area contributed by atoms with Crippen LogP contribution in [0.1, 0.15) is 15.9 Å². The Morgan fingerprint density at radius 3 is 2.86 bits per heavy atom. The number of halogens is 2. The molecule has 2 N–H and O–H groups in total. The van der Waals surface area contributed by atoms with Crippen LogP contribution in [0.15, 0.2) is 53.1 Å². The van der Waals surface area contributed by atoms with Crippen LogP contribution in [0.4, 0.5) is 4.39 Å². The standard InChI is InChI=1S/C17H14BrFN2O/c18-15-4-2-1-3-14(15)17(22)20-8-7-11-10-21-16-9-12(19)5-6-13(11)16/h1-6,9-10,21H,7-8H2,(H,20,22). The van der Waals surface area contributed by atoms with Crippen LogP contribution in [0.25, 0.3) is 10.9 Å². The first-order valence-corrected chi connectivity index (χ1v) is 7.72. The average molecular weight is 361 g/mol. The Bertz CT molecular complexity index is 828. The number of carbonyl (C=O) groups is 1. The lowest BCUT2D eigenvalue weighted by molar-refractivity contribution is 0.0953. The van der Waals surface area contributed by atoms with Gasteiger partial charge in [-0.05, 0) is 58.2 Å². The first kappa shape index (κ1) is 14.8. The van der Waals surface area contributed by atoms with Crippen molar-refractivity contribution in [1.82, 2.24) is 10.3 Å².